The molecule has 0 spiro atoms. The number of fused-ring (bicyclic) bond motifs is 1. The van der Waals surface area contributed by atoms with Crippen LogP contribution in [0.4, 0.5) is 0 Å². The number of hydrogen-bond donors (Lipinski definition) is 1. The third kappa shape index (κ3) is 1.37. The molecule has 2 heterocycles. The Labute approximate surface area is 80.2 Å². The van der Waals surface area contributed by atoms with Gasteiger partial charge < -0.3 is 0 Å². The molecule has 14 heavy (non-hydrogen) atoms. The van der Waals surface area contributed by atoms with E-state index in [4.69, 9.17) is 0 Å². The second-order valence-corrected chi connectivity index (χ2v) is 3.42. The lowest BCUT2D eigenvalue weighted by Crippen LogP contribution is -2.07. The lowest BCUT2D eigenvalue weighted by atomic mass is 10.1. The summed E-state index contributed by atoms with van der Waals surface area (Å²) >= 11 is 0. The molecule has 0 aromatic carbocycles. The van der Waals surface area contributed by atoms with Gasteiger partial charge in [0.1, 0.15) is 0 Å². The van der Waals surface area contributed by atoms with Crippen LogP contribution in [0.1, 0.15) is 25.5 Å². The van der Waals surface area contributed by atoms with Crippen molar-refractivity contribution in [1.29, 1.82) is 0 Å². The molecule has 0 aliphatic carbocycles. The molecule has 0 radical (unpaired) electrons. The van der Waals surface area contributed by atoms with Crippen LogP contribution in [0.5, 0.6) is 0 Å². The zero-order chi connectivity index (χ0) is 10.1. The zero-order valence-electron chi connectivity index (χ0n) is 7.98. The van der Waals surface area contributed by atoms with Crippen LogP contribution in [-0.4, -0.2) is 20.4 Å². The lowest BCUT2D eigenvalue weighted by Gasteiger charge is -2.02. The molecular weight excluding hydrogens is 180 g/mol. The highest BCUT2D eigenvalue weighted by Gasteiger charge is 2.05. The molecule has 0 saturated heterocycles. The average molecular weight is 190 g/mol. The first-order chi connectivity index (χ1) is 6.68. The average Bonchev–Trinajstić information content (AvgIpc) is 2.17. The summed E-state index contributed by atoms with van der Waals surface area (Å²) in [7, 11) is 0. The third-order valence-corrected chi connectivity index (χ3v) is 2.00. The van der Waals surface area contributed by atoms with E-state index in [1.165, 1.54) is 6.20 Å². The van der Waals surface area contributed by atoms with Crippen molar-refractivity contribution in [3.05, 3.63) is 28.2 Å². The van der Waals surface area contributed by atoms with Crippen molar-refractivity contribution in [3.8, 4) is 0 Å². The van der Waals surface area contributed by atoms with E-state index in [9.17, 15) is 4.79 Å². The minimum absolute atomic E-state index is 0.207. The highest BCUT2D eigenvalue weighted by atomic mass is 16.1. The van der Waals surface area contributed by atoms with Gasteiger partial charge in [-0.05, 0) is 12.0 Å². The molecule has 0 unspecified atom stereocenters. The van der Waals surface area contributed by atoms with Crippen LogP contribution in [0, 0.1) is 0 Å². The van der Waals surface area contributed by atoms with Crippen LogP contribution in [0.2, 0.25) is 0 Å². The highest BCUT2D eigenvalue weighted by Crippen LogP contribution is 2.12. The first-order valence-electron chi connectivity index (χ1n) is 4.39. The van der Waals surface area contributed by atoms with Gasteiger partial charge in [0.05, 0.1) is 17.4 Å². The first kappa shape index (κ1) is 8.80. The van der Waals surface area contributed by atoms with Gasteiger partial charge in [0.25, 0.3) is 0 Å². The van der Waals surface area contributed by atoms with Crippen LogP contribution in [0.3, 0.4) is 0 Å². The first-order valence-corrected chi connectivity index (χ1v) is 4.39. The molecule has 0 amide bonds. The van der Waals surface area contributed by atoms with E-state index in [0.29, 0.717) is 11.0 Å². The second kappa shape index (κ2) is 3.17. The molecule has 1 N–H and O–H groups in total. The SMILES string of the molecule is CC(C)c1cc2[nH]ncc(=O)c2nn1. The van der Waals surface area contributed by atoms with Crippen LogP contribution < -0.4 is 5.43 Å². The number of aromatic nitrogens is 4. The summed E-state index contributed by atoms with van der Waals surface area (Å²) < 4.78 is 0. The van der Waals surface area contributed by atoms with Gasteiger partial charge in [-0.25, -0.2) is 0 Å². The number of rotatable bonds is 1. The molecule has 0 saturated carbocycles. The van der Waals surface area contributed by atoms with E-state index in [1.807, 2.05) is 13.8 Å². The number of nitrogens with one attached hydrogen (secondary N) is 1. The van der Waals surface area contributed by atoms with Crippen LogP contribution in [0.25, 0.3) is 11.0 Å². The zero-order valence-corrected chi connectivity index (χ0v) is 7.98. The summed E-state index contributed by atoms with van der Waals surface area (Å²) in [5.41, 5.74) is 1.61. The molecule has 2 rings (SSSR count). The molecule has 72 valence electrons. The minimum atomic E-state index is -0.207. The Morgan fingerprint density at radius 2 is 2.14 bits per heavy atom. The van der Waals surface area contributed by atoms with E-state index >= 15 is 0 Å². The molecule has 0 aliphatic heterocycles. The Morgan fingerprint density at radius 1 is 1.36 bits per heavy atom. The quantitative estimate of drug-likeness (QED) is 0.723. The Balaban J connectivity index is 2.74. The largest absolute Gasteiger partial charge is 0.286 e. The van der Waals surface area contributed by atoms with Crippen molar-refractivity contribution >= 4 is 11.0 Å². The predicted molar refractivity (Wildman–Crippen MR) is 52.0 cm³/mol. The third-order valence-electron chi connectivity index (χ3n) is 2.00. The van der Waals surface area contributed by atoms with Gasteiger partial charge >= 0.3 is 0 Å². The van der Waals surface area contributed by atoms with E-state index in [2.05, 4.69) is 20.4 Å². The van der Waals surface area contributed by atoms with Crippen molar-refractivity contribution in [2.45, 2.75) is 19.8 Å². The van der Waals surface area contributed by atoms with Gasteiger partial charge in [0, 0.05) is 0 Å². The van der Waals surface area contributed by atoms with Crippen LogP contribution >= 0.6 is 0 Å². The molecule has 5 heteroatoms. The Kier molecular flexibility index (Phi) is 1.99. The molecule has 5 nitrogen and oxygen atoms in total. The Hall–Kier alpha value is -1.78. The maximum Gasteiger partial charge on any atom is 0.228 e. The topological polar surface area (TPSA) is 71.5 Å². The van der Waals surface area contributed by atoms with Gasteiger partial charge in [-0.15, -0.1) is 5.10 Å². The standard InChI is InChI=1S/C9H10N4O/c1-5(2)6-3-7-9(13-12-6)8(14)4-10-11-7/h3-5H,1-2H3,(H,11,14). The minimum Gasteiger partial charge on any atom is -0.286 e. The van der Waals surface area contributed by atoms with Gasteiger partial charge in [-0.2, -0.15) is 10.2 Å². The van der Waals surface area contributed by atoms with Crippen molar-refractivity contribution in [1.82, 2.24) is 20.4 Å². The number of H-pyrrole nitrogens is 1. The number of hydrogen-bond acceptors (Lipinski definition) is 4. The Morgan fingerprint density at radius 3 is 2.86 bits per heavy atom. The van der Waals surface area contributed by atoms with E-state index in [1.54, 1.807) is 6.07 Å². The van der Waals surface area contributed by atoms with Crippen molar-refractivity contribution in [2.75, 3.05) is 0 Å². The maximum absolute atomic E-state index is 11.3. The van der Waals surface area contributed by atoms with Gasteiger partial charge in [0.2, 0.25) is 5.43 Å². The summed E-state index contributed by atoms with van der Waals surface area (Å²) in [4.78, 5) is 11.3. The Bertz CT molecular complexity index is 517. The fourth-order valence-electron chi connectivity index (χ4n) is 1.18. The normalized spacial score (nSPS) is 11.1. The molecule has 0 atom stereocenters. The summed E-state index contributed by atoms with van der Waals surface area (Å²) in [5, 5.41) is 14.3. The van der Waals surface area contributed by atoms with Crippen molar-refractivity contribution in [2.24, 2.45) is 0 Å². The van der Waals surface area contributed by atoms with Crippen LogP contribution in [0.15, 0.2) is 17.1 Å². The lowest BCUT2D eigenvalue weighted by molar-refractivity contribution is 0.791. The molecule has 0 bridgehead atoms. The second-order valence-electron chi connectivity index (χ2n) is 3.42. The maximum atomic E-state index is 11.3. The van der Waals surface area contributed by atoms with E-state index in [0.717, 1.165) is 5.69 Å². The van der Waals surface area contributed by atoms with E-state index < -0.39 is 0 Å². The monoisotopic (exact) mass is 190 g/mol. The highest BCUT2D eigenvalue weighted by molar-refractivity contribution is 5.72. The molecule has 0 fully saturated rings. The summed E-state index contributed by atoms with van der Waals surface area (Å²) in [6.45, 7) is 4.04. The molecular formula is C9H10N4O. The van der Waals surface area contributed by atoms with Gasteiger partial charge in [-0.3, -0.25) is 9.89 Å². The summed E-state index contributed by atoms with van der Waals surface area (Å²) in [6, 6.07) is 1.81. The molecule has 2 aromatic heterocycles. The van der Waals surface area contributed by atoms with Gasteiger partial charge in [-0.1, -0.05) is 13.8 Å². The van der Waals surface area contributed by atoms with E-state index in [-0.39, 0.29) is 11.3 Å². The predicted octanol–water partition coefficient (Wildman–Crippen LogP) is 0.836. The number of aromatic amines is 1. The van der Waals surface area contributed by atoms with Gasteiger partial charge in [0.15, 0.2) is 5.52 Å². The van der Waals surface area contributed by atoms with Crippen molar-refractivity contribution in [3.63, 3.8) is 0 Å². The summed E-state index contributed by atoms with van der Waals surface area (Å²) in [6.07, 6.45) is 1.20. The van der Waals surface area contributed by atoms with Crippen LogP contribution in [-0.2, 0) is 0 Å². The summed E-state index contributed by atoms with van der Waals surface area (Å²) in [5.74, 6) is 0.288. The molecule has 0 aliphatic rings. The fraction of sp³-hybridized carbons (Fsp3) is 0.333. The molecule has 2 aromatic rings. The fourth-order valence-corrected chi connectivity index (χ4v) is 1.18. The number of nitrogens with zero attached hydrogens (tertiary/aromatic N) is 3. The van der Waals surface area contributed by atoms with Crippen molar-refractivity contribution < 1.29 is 0 Å². The smallest absolute Gasteiger partial charge is 0.228 e.